The van der Waals surface area contributed by atoms with Gasteiger partial charge in [-0.3, -0.25) is 4.79 Å². The number of para-hydroxylation sites is 1. The van der Waals surface area contributed by atoms with Gasteiger partial charge in [0.25, 0.3) is 5.91 Å². The summed E-state index contributed by atoms with van der Waals surface area (Å²) < 4.78 is 12.9. The van der Waals surface area contributed by atoms with Gasteiger partial charge in [0.1, 0.15) is 5.82 Å². The van der Waals surface area contributed by atoms with E-state index in [1.807, 2.05) is 24.4 Å². The Balaban J connectivity index is 1.32. The smallest absolute Gasteiger partial charge is 0.254 e. The summed E-state index contributed by atoms with van der Waals surface area (Å²) in [5.74, 6) is -0.207. The maximum Gasteiger partial charge on any atom is 0.254 e. The fourth-order valence-corrected chi connectivity index (χ4v) is 2.92. The van der Waals surface area contributed by atoms with Gasteiger partial charge in [-0.1, -0.05) is 18.2 Å². The summed E-state index contributed by atoms with van der Waals surface area (Å²) in [5, 5.41) is 7.00. The lowest BCUT2D eigenvalue weighted by molar-refractivity contribution is 0.0953. The fraction of sp³-hybridized carbons (Fsp3) is 0.0952. The first kappa shape index (κ1) is 17.7. The summed E-state index contributed by atoms with van der Waals surface area (Å²) in [6.07, 6.45) is 5.61. The molecule has 0 aliphatic carbocycles. The van der Waals surface area contributed by atoms with Crippen LogP contribution >= 0.6 is 0 Å². The Labute approximate surface area is 160 Å². The molecule has 0 spiro atoms. The Kier molecular flexibility index (Phi) is 4.97. The van der Waals surface area contributed by atoms with Crippen molar-refractivity contribution in [2.24, 2.45) is 0 Å². The summed E-state index contributed by atoms with van der Waals surface area (Å²) in [6, 6.07) is 13.9. The maximum absolute atomic E-state index is 12.9. The van der Waals surface area contributed by atoms with E-state index in [-0.39, 0.29) is 11.7 Å². The Morgan fingerprint density at radius 3 is 2.57 bits per heavy atom. The molecule has 0 aliphatic heterocycles. The molecule has 0 aliphatic rings. The first-order valence-electron chi connectivity index (χ1n) is 8.87. The molecule has 0 saturated heterocycles. The zero-order valence-electron chi connectivity index (χ0n) is 14.9. The van der Waals surface area contributed by atoms with Gasteiger partial charge in [-0.15, -0.1) is 0 Å². The van der Waals surface area contributed by atoms with E-state index in [4.69, 9.17) is 0 Å². The molecule has 0 unspecified atom stereocenters. The molecule has 1 amide bonds. The van der Waals surface area contributed by atoms with Gasteiger partial charge in [-0.2, -0.15) is 0 Å². The van der Waals surface area contributed by atoms with Crippen molar-refractivity contribution in [2.75, 3.05) is 11.9 Å². The number of amides is 1. The minimum absolute atomic E-state index is 0.229. The molecule has 28 heavy (non-hydrogen) atoms. The molecule has 2 aromatic carbocycles. The van der Waals surface area contributed by atoms with E-state index >= 15 is 0 Å². The van der Waals surface area contributed by atoms with E-state index in [2.05, 4.69) is 31.7 Å². The van der Waals surface area contributed by atoms with Gasteiger partial charge in [0.15, 0.2) is 0 Å². The Morgan fingerprint density at radius 1 is 1.04 bits per heavy atom. The SMILES string of the molecule is O=C(NCCc1c[nH]c2ccccc12)c1cnc(Nc2ccc(F)cc2)nc1. The number of hydrogen-bond acceptors (Lipinski definition) is 4. The molecule has 4 aromatic rings. The highest BCUT2D eigenvalue weighted by atomic mass is 19.1. The highest BCUT2D eigenvalue weighted by Gasteiger charge is 2.08. The lowest BCUT2D eigenvalue weighted by Gasteiger charge is -2.07. The number of hydrogen-bond donors (Lipinski definition) is 3. The number of halogens is 1. The maximum atomic E-state index is 12.9. The molecular formula is C21H18FN5O. The summed E-state index contributed by atoms with van der Waals surface area (Å²) in [5.41, 5.74) is 3.29. The van der Waals surface area contributed by atoms with E-state index in [0.29, 0.717) is 23.7 Å². The number of carbonyl (C=O) groups excluding carboxylic acids is 1. The first-order chi connectivity index (χ1) is 13.7. The van der Waals surface area contributed by atoms with Crippen LogP contribution in [-0.2, 0) is 6.42 Å². The third-order valence-electron chi connectivity index (χ3n) is 4.37. The highest BCUT2D eigenvalue weighted by Crippen LogP contribution is 2.18. The quantitative estimate of drug-likeness (QED) is 0.479. The summed E-state index contributed by atoms with van der Waals surface area (Å²) in [7, 11) is 0. The summed E-state index contributed by atoms with van der Waals surface area (Å²) in [4.78, 5) is 23.8. The van der Waals surface area contributed by atoms with Crippen molar-refractivity contribution in [2.45, 2.75) is 6.42 Å². The second-order valence-electron chi connectivity index (χ2n) is 6.29. The predicted octanol–water partition coefficient (Wildman–Crippen LogP) is 3.81. The zero-order valence-corrected chi connectivity index (χ0v) is 14.9. The molecule has 2 heterocycles. The second kappa shape index (κ2) is 7.87. The van der Waals surface area contributed by atoms with Crippen LogP contribution in [0.5, 0.6) is 0 Å². The van der Waals surface area contributed by atoms with Crippen molar-refractivity contribution in [1.82, 2.24) is 20.3 Å². The number of anilines is 2. The largest absolute Gasteiger partial charge is 0.361 e. The van der Waals surface area contributed by atoms with Crippen molar-refractivity contribution in [3.8, 4) is 0 Å². The van der Waals surface area contributed by atoms with Crippen molar-refractivity contribution in [3.63, 3.8) is 0 Å². The number of H-pyrrole nitrogens is 1. The Hall–Kier alpha value is -3.74. The monoisotopic (exact) mass is 375 g/mol. The standard InChI is InChI=1S/C21H18FN5O/c22-16-5-7-17(8-6-16)27-21-25-12-15(13-26-21)20(28)23-10-9-14-11-24-19-4-2-1-3-18(14)19/h1-8,11-13,24H,9-10H2,(H,23,28)(H,25,26,27). The van der Waals surface area contributed by atoms with E-state index in [1.54, 1.807) is 12.1 Å². The van der Waals surface area contributed by atoms with Crippen molar-refractivity contribution < 1.29 is 9.18 Å². The van der Waals surface area contributed by atoms with Gasteiger partial charge < -0.3 is 15.6 Å². The van der Waals surface area contributed by atoms with E-state index in [1.165, 1.54) is 24.5 Å². The minimum atomic E-state index is -0.314. The molecule has 0 saturated carbocycles. The van der Waals surface area contributed by atoms with Crippen LogP contribution in [0.1, 0.15) is 15.9 Å². The molecule has 2 aromatic heterocycles. The molecule has 0 fully saturated rings. The zero-order chi connectivity index (χ0) is 19.3. The predicted molar refractivity (Wildman–Crippen MR) is 106 cm³/mol. The van der Waals surface area contributed by atoms with Crippen molar-refractivity contribution >= 4 is 28.4 Å². The number of nitrogens with zero attached hydrogens (tertiary/aromatic N) is 2. The van der Waals surface area contributed by atoms with Gasteiger partial charge in [0.05, 0.1) is 5.56 Å². The van der Waals surface area contributed by atoms with Crippen molar-refractivity contribution in [1.29, 1.82) is 0 Å². The number of aromatic amines is 1. The number of carbonyl (C=O) groups is 1. The van der Waals surface area contributed by atoms with Gasteiger partial charge in [-0.05, 0) is 42.3 Å². The fourth-order valence-electron chi connectivity index (χ4n) is 2.92. The van der Waals surface area contributed by atoms with Gasteiger partial charge in [0, 0.05) is 41.7 Å². The van der Waals surface area contributed by atoms with Crippen molar-refractivity contribution in [3.05, 3.63) is 84.1 Å². The van der Waals surface area contributed by atoms with Crippen LogP contribution in [0.15, 0.2) is 67.1 Å². The van der Waals surface area contributed by atoms with Crippen LogP contribution in [-0.4, -0.2) is 27.4 Å². The van der Waals surface area contributed by atoms with Crippen LogP contribution in [0.3, 0.4) is 0 Å². The molecule has 140 valence electrons. The lowest BCUT2D eigenvalue weighted by Crippen LogP contribution is -2.26. The van der Waals surface area contributed by atoms with E-state index < -0.39 is 0 Å². The molecule has 0 radical (unpaired) electrons. The number of aromatic nitrogens is 3. The topological polar surface area (TPSA) is 82.7 Å². The van der Waals surface area contributed by atoms with Crippen LogP contribution in [0.2, 0.25) is 0 Å². The van der Waals surface area contributed by atoms with Crippen LogP contribution < -0.4 is 10.6 Å². The van der Waals surface area contributed by atoms with Gasteiger partial charge >= 0.3 is 0 Å². The van der Waals surface area contributed by atoms with Crippen LogP contribution in [0.25, 0.3) is 10.9 Å². The highest BCUT2D eigenvalue weighted by molar-refractivity contribution is 5.93. The van der Waals surface area contributed by atoms with Crippen LogP contribution in [0.4, 0.5) is 16.0 Å². The third-order valence-corrected chi connectivity index (χ3v) is 4.37. The number of rotatable bonds is 6. The van der Waals surface area contributed by atoms with Crippen LogP contribution in [0, 0.1) is 5.82 Å². The van der Waals surface area contributed by atoms with E-state index in [9.17, 15) is 9.18 Å². The second-order valence-corrected chi connectivity index (χ2v) is 6.29. The number of fused-ring (bicyclic) bond motifs is 1. The molecule has 4 rings (SSSR count). The third kappa shape index (κ3) is 3.98. The van der Waals surface area contributed by atoms with E-state index in [0.717, 1.165) is 22.9 Å². The number of benzene rings is 2. The average molecular weight is 375 g/mol. The summed E-state index contributed by atoms with van der Waals surface area (Å²) in [6.45, 7) is 0.510. The molecule has 0 atom stereocenters. The molecule has 3 N–H and O–H groups in total. The molecular weight excluding hydrogens is 357 g/mol. The molecule has 0 bridgehead atoms. The van der Waals surface area contributed by atoms with Gasteiger partial charge in [-0.25, -0.2) is 14.4 Å². The van der Waals surface area contributed by atoms with Gasteiger partial charge in [0.2, 0.25) is 5.95 Å². The Morgan fingerprint density at radius 2 is 1.79 bits per heavy atom. The first-order valence-corrected chi connectivity index (χ1v) is 8.87. The number of nitrogens with one attached hydrogen (secondary N) is 3. The minimum Gasteiger partial charge on any atom is -0.361 e. The normalized spacial score (nSPS) is 10.8. The average Bonchev–Trinajstić information content (AvgIpc) is 3.13. The molecule has 7 heteroatoms. The Bertz CT molecular complexity index is 1090. The molecule has 6 nitrogen and oxygen atoms in total. The summed E-state index contributed by atoms with van der Waals surface area (Å²) >= 11 is 0. The lowest BCUT2D eigenvalue weighted by atomic mass is 10.1.